The summed E-state index contributed by atoms with van der Waals surface area (Å²) in [5, 5.41) is 2.52. The number of hydrogen-bond acceptors (Lipinski definition) is 1. The molecule has 0 fully saturated rings. The minimum atomic E-state index is -0.359. The highest BCUT2D eigenvalue weighted by molar-refractivity contribution is 5.33. The molecule has 0 atom stereocenters. The summed E-state index contributed by atoms with van der Waals surface area (Å²) in [6.07, 6.45) is 0. The number of aryl methyl sites for hydroxylation is 1. The van der Waals surface area contributed by atoms with Gasteiger partial charge in [0.15, 0.2) is 0 Å². The highest BCUT2D eigenvalue weighted by atomic mass is 19.1. The van der Waals surface area contributed by atoms with Crippen LogP contribution in [0.5, 0.6) is 0 Å². The van der Waals surface area contributed by atoms with E-state index in [-0.39, 0.29) is 11.4 Å². The van der Waals surface area contributed by atoms with Crippen molar-refractivity contribution < 1.29 is 4.39 Å². The molecule has 0 radical (unpaired) electrons. The predicted octanol–water partition coefficient (Wildman–Crippen LogP) is 1.61. The number of rotatable bonds is 1. The normalized spacial score (nSPS) is 10.4. The van der Waals surface area contributed by atoms with Crippen molar-refractivity contribution in [3.05, 3.63) is 52.2 Å². The van der Waals surface area contributed by atoms with Gasteiger partial charge in [0.05, 0.1) is 5.69 Å². The monoisotopic (exact) mass is 192 g/mol. The molecule has 0 saturated heterocycles. The first-order valence-electron chi connectivity index (χ1n) is 4.22. The molecule has 0 saturated carbocycles. The lowest BCUT2D eigenvalue weighted by Crippen LogP contribution is -2.05. The average molecular weight is 192 g/mol. The van der Waals surface area contributed by atoms with E-state index < -0.39 is 0 Å². The fraction of sp³-hybridized carbons (Fsp3) is 0.100. The summed E-state index contributed by atoms with van der Waals surface area (Å²) in [6, 6.07) is 7.71. The first kappa shape index (κ1) is 8.74. The van der Waals surface area contributed by atoms with E-state index in [0.717, 1.165) is 0 Å². The SMILES string of the molecule is Cc1cc(=O)[nH]n1-c1ccccc1F. The van der Waals surface area contributed by atoms with Crippen molar-refractivity contribution in [3.63, 3.8) is 0 Å². The fourth-order valence-electron chi connectivity index (χ4n) is 1.37. The van der Waals surface area contributed by atoms with Crippen LogP contribution in [0.25, 0.3) is 5.69 Å². The molecule has 0 aliphatic rings. The van der Waals surface area contributed by atoms with E-state index in [9.17, 15) is 9.18 Å². The Morgan fingerprint density at radius 3 is 2.64 bits per heavy atom. The van der Waals surface area contributed by atoms with Gasteiger partial charge in [0.2, 0.25) is 0 Å². The van der Waals surface area contributed by atoms with Gasteiger partial charge in [0, 0.05) is 11.8 Å². The van der Waals surface area contributed by atoms with E-state index in [1.165, 1.54) is 16.8 Å². The Morgan fingerprint density at radius 2 is 2.07 bits per heavy atom. The molecule has 1 N–H and O–H groups in total. The molecule has 0 spiro atoms. The number of H-pyrrole nitrogens is 1. The van der Waals surface area contributed by atoms with Crippen molar-refractivity contribution in [2.45, 2.75) is 6.92 Å². The minimum absolute atomic E-state index is 0.231. The maximum Gasteiger partial charge on any atom is 0.264 e. The van der Waals surface area contributed by atoms with E-state index in [2.05, 4.69) is 5.10 Å². The summed E-state index contributed by atoms with van der Waals surface area (Å²) >= 11 is 0. The molecule has 2 rings (SSSR count). The first-order chi connectivity index (χ1) is 6.68. The Balaban J connectivity index is 2.66. The molecule has 1 heterocycles. The zero-order valence-corrected chi connectivity index (χ0v) is 7.62. The van der Waals surface area contributed by atoms with Gasteiger partial charge in [-0.3, -0.25) is 14.6 Å². The lowest BCUT2D eigenvalue weighted by molar-refractivity contribution is 0.608. The Kier molecular flexibility index (Phi) is 1.96. The first-order valence-corrected chi connectivity index (χ1v) is 4.22. The molecule has 3 nitrogen and oxygen atoms in total. The molecule has 0 unspecified atom stereocenters. The maximum absolute atomic E-state index is 13.3. The summed E-state index contributed by atoms with van der Waals surface area (Å²) < 4.78 is 14.7. The van der Waals surface area contributed by atoms with Crippen LogP contribution in [-0.2, 0) is 0 Å². The third-order valence-corrected chi connectivity index (χ3v) is 2.01. The molecule has 2 aromatic rings. The fourth-order valence-corrected chi connectivity index (χ4v) is 1.37. The smallest absolute Gasteiger partial charge is 0.264 e. The quantitative estimate of drug-likeness (QED) is 0.732. The van der Waals surface area contributed by atoms with E-state index in [1.54, 1.807) is 25.1 Å². The topological polar surface area (TPSA) is 37.8 Å². The van der Waals surface area contributed by atoms with Gasteiger partial charge in [-0.1, -0.05) is 12.1 Å². The number of nitrogens with one attached hydrogen (secondary N) is 1. The molecule has 72 valence electrons. The Hall–Kier alpha value is -1.84. The second-order valence-corrected chi connectivity index (χ2v) is 3.05. The molecular formula is C10H9FN2O. The Labute approximate surface area is 79.8 Å². The summed E-state index contributed by atoms with van der Waals surface area (Å²) in [7, 11) is 0. The number of para-hydroxylation sites is 1. The summed E-state index contributed by atoms with van der Waals surface area (Å²) in [4.78, 5) is 11.0. The second kappa shape index (κ2) is 3.14. The lowest BCUT2D eigenvalue weighted by atomic mass is 10.3. The van der Waals surface area contributed by atoms with Crippen molar-refractivity contribution in [1.29, 1.82) is 0 Å². The van der Waals surface area contributed by atoms with Crippen molar-refractivity contribution in [1.82, 2.24) is 9.78 Å². The molecule has 14 heavy (non-hydrogen) atoms. The van der Waals surface area contributed by atoms with Gasteiger partial charge in [-0.15, -0.1) is 0 Å². The molecule has 0 amide bonds. The number of halogens is 1. The molecule has 1 aromatic heterocycles. The van der Waals surface area contributed by atoms with Crippen LogP contribution in [0.1, 0.15) is 5.69 Å². The Bertz CT molecular complexity index is 513. The van der Waals surface area contributed by atoms with Gasteiger partial charge in [-0.25, -0.2) is 4.39 Å². The molecule has 1 aromatic carbocycles. The highest BCUT2D eigenvalue weighted by Crippen LogP contribution is 2.12. The summed E-state index contributed by atoms with van der Waals surface area (Å²) in [5.41, 5.74) is 0.804. The zero-order chi connectivity index (χ0) is 10.1. The number of aromatic amines is 1. The van der Waals surface area contributed by atoms with Crippen LogP contribution in [0.4, 0.5) is 4.39 Å². The predicted molar refractivity (Wildman–Crippen MR) is 51.1 cm³/mol. The van der Waals surface area contributed by atoms with Gasteiger partial charge in [0.1, 0.15) is 5.82 Å². The van der Waals surface area contributed by atoms with Crippen LogP contribution >= 0.6 is 0 Å². The molecule has 0 aliphatic heterocycles. The van der Waals surface area contributed by atoms with E-state index in [4.69, 9.17) is 0 Å². The van der Waals surface area contributed by atoms with Gasteiger partial charge in [0.25, 0.3) is 5.56 Å². The van der Waals surface area contributed by atoms with E-state index >= 15 is 0 Å². The number of benzene rings is 1. The third-order valence-electron chi connectivity index (χ3n) is 2.01. The van der Waals surface area contributed by atoms with Crippen molar-refractivity contribution in [3.8, 4) is 5.69 Å². The zero-order valence-electron chi connectivity index (χ0n) is 7.62. The van der Waals surface area contributed by atoms with E-state index in [0.29, 0.717) is 11.4 Å². The van der Waals surface area contributed by atoms with E-state index in [1.807, 2.05) is 0 Å². The van der Waals surface area contributed by atoms with Crippen LogP contribution in [0, 0.1) is 12.7 Å². The van der Waals surface area contributed by atoms with Gasteiger partial charge in [-0.05, 0) is 19.1 Å². The molecule has 4 heteroatoms. The van der Waals surface area contributed by atoms with Crippen LogP contribution < -0.4 is 5.56 Å². The van der Waals surface area contributed by atoms with Gasteiger partial charge >= 0.3 is 0 Å². The lowest BCUT2D eigenvalue weighted by Gasteiger charge is -2.05. The summed E-state index contributed by atoms with van der Waals surface area (Å²) in [6.45, 7) is 1.74. The molecular weight excluding hydrogens is 183 g/mol. The van der Waals surface area contributed by atoms with Crippen LogP contribution in [0.3, 0.4) is 0 Å². The van der Waals surface area contributed by atoms with Crippen LogP contribution in [0.15, 0.2) is 35.1 Å². The van der Waals surface area contributed by atoms with Gasteiger partial charge in [-0.2, -0.15) is 0 Å². The number of aromatic nitrogens is 2. The maximum atomic E-state index is 13.3. The number of nitrogens with zero attached hydrogens (tertiary/aromatic N) is 1. The van der Waals surface area contributed by atoms with Crippen molar-refractivity contribution in [2.75, 3.05) is 0 Å². The minimum Gasteiger partial charge on any atom is -0.268 e. The second-order valence-electron chi connectivity index (χ2n) is 3.05. The largest absolute Gasteiger partial charge is 0.268 e. The average Bonchev–Trinajstić information content (AvgIpc) is 2.46. The Morgan fingerprint density at radius 1 is 1.36 bits per heavy atom. The molecule has 0 aliphatic carbocycles. The van der Waals surface area contributed by atoms with Gasteiger partial charge < -0.3 is 0 Å². The standard InChI is InChI=1S/C10H9FN2O/c1-7-6-10(14)12-13(7)9-5-3-2-4-8(9)11/h2-6H,1H3,(H,12,14). The van der Waals surface area contributed by atoms with Crippen molar-refractivity contribution in [2.24, 2.45) is 0 Å². The third kappa shape index (κ3) is 1.35. The summed E-state index contributed by atoms with van der Waals surface area (Å²) in [5.74, 6) is -0.359. The number of hydrogen-bond donors (Lipinski definition) is 1. The van der Waals surface area contributed by atoms with Crippen LogP contribution in [0.2, 0.25) is 0 Å². The van der Waals surface area contributed by atoms with Crippen LogP contribution in [-0.4, -0.2) is 9.78 Å². The highest BCUT2D eigenvalue weighted by Gasteiger charge is 2.06. The molecule has 0 bridgehead atoms. The van der Waals surface area contributed by atoms with Crippen molar-refractivity contribution >= 4 is 0 Å².